The van der Waals surface area contributed by atoms with Crippen LogP contribution in [0.2, 0.25) is 0 Å². The molecule has 0 saturated heterocycles. The molecule has 0 aliphatic heterocycles. The quantitative estimate of drug-likeness (QED) is 0.764. The summed E-state index contributed by atoms with van der Waals surface area (Å²) >= 11 is 0. The van der Waals surface area contributed by atoms with Gasteiger partial charge in [0.1, 0.15) is 0 Å². The van der Waals surface area contributed by atoms with E-state index in [0.717, 1.165) is 16.6 Å². The minimum Gasteiger partial charge on any atom is -0.355 e. The van der Waals surface area contributed by atoms with Crippen LogP contribution in [0.4, 0.5) is 0 Å². The molecule has 3 rings (SSSR count). The molecule has 2 N–H and O–H groups in total. The summed E-state index contributed by atoms with van der Waals surface area (Å²) in [5.41, 5.74) is 2.61. The van der Waals surface area contributed by atoms with Crippen LogP contribution in [0.15, 0.2) is 54.9 Å². The fraction of sp³-hybridized carbons (Fsp3) is 0.125. The maximum absolute atomic E-state index is 12.1. The zero-order chi connectivity index (χ0) is 13.9. The molecular weight excluding hydrogens is 250 g/mol. The first kappa shape index (κ1) is 12.4. The molecule has 0 radical (unpaired) electrons. The van der Waals surface area contributed by atoms with Gasteiger partial charge in [-0.05, 0) is 31.2 Å². The Balaban J connectivity index is 1.79. The number of benzene rings is 1. The normalized spacial score (nSPS) is 12.2. The second kappa shape index (κ2) is 5.17. The number of H-pyrrole nitrogens is 1. The third-order valence-electron chi connectivity index (χ3n) is 3.29. The van der Waals surface area contributed by atoms with Crippen molar-refractivity contribution in [3.63, 3.8) is 0 Å². The van der Waals surface area contributed by atoms with Crippen LogP contribution in [0.1, 0.15) is 29.0 Å². The molecule has 0 aliphatic rings. The number of hydrogen-bond donors (Lipinski definition) is 2. The van der Waals surface area contributed by atoms with E-state index in [1.165, 1.54) is 0 Å². The molecule has 0 spiro atoms. The van der Waals surface area contributed by atoms with Crippen LogP contribution >= 0.6 is 0 Å². The Bertz CT molecular complexity index is 701. The van der Waals surface area contributed by atoms with Gasteiger partial charge in [-0.2, -0.15) is 0 Å². The largest absolute Gasteiger partial charge is 0.355 e. The standard InChI is InChI=1S/C16H15N3O/c1-11(18-16(20)12-5-3-2-4-6-12)14-9-13-7-8-17-10-15(13)19-14/h2-11,19H,1H3,(H,18,20). The average molecular weight is 265 g/mol. The van der Waals surface area contributed by atoms with Gasteiger partial charge in [-0.25, -0.2) is 0 Å². The predicted octanol–water partition coefficient (Wildman–Crippen LogP) is 3.05. The van der Waals surface area contributed by atoms with Crippen molar-refractivity contribution in [1.82, 2.24) is 15.3 Å². The lowest BCUT2D eigenvalue weighted by Crippen LogP contribution is -2.26. The number of rotatable bonds is 3. The van der Waals surface area contributed by atoms with Crippen molar-refractivity contribution in [3.8, 4) is 0 Å². The molecule has 1 aromatic carbocycles. The minimum atomic E-state index is -0.0879. The average Bonchev–Trinajstić information content (AvgIpc) is 2.92. The Labute approximate surface area is 116 Å². The summed E-state index contributed by atoms with van der Waals surface area (Å²) in [5, 5.41) is 4.08. The zero-order valence-electron chi connectivity index (χ0n) is 11.1. The number of nitrogens with one attached hydrogen (secondary N) is 2. The first-order valence-electron chi connectivity index (χ1n) is 6.52. The molecule has 1 atom stereocenters. The molecule has 0 fully saturated rings. The molecule has 0 aliphatic carbocycles. The van der Waals surface area contributed by atoms with Gasteiger partial charge < -0.3 is 10.3 Å². The van der Waals surface area contributed by atoms with Gasteiger partial charge in [-0.1, -0.05) is 18.2 Å². The summed E-state index contributed by atoms with van der Waals surface area (Å²) in [6, 6.07) is 13.1. The lowest BCUT2D eigenvalue weighted by atomic mass is 10.1. The van der Waals surface area contributed by atoms with Crippen molar-refractivity contribution in [3.05, 3.63) is 66.1 Å². The van der Waals surface area contributed by atoms with Crippen LogP contribution < -0.4 is 5.32 Å². The zero-order valence-corrected chi connectivity index (χ0v) is 11.1. The Morgan fingerprint density at radius 1 is 1.25 bits per heavy atom. The van der Waals surface area contributed by atoms with Crippen LogP contribution in [-0.2, 0) is 0 Å². The fourth-order valence-corrected chi connectivity index (χ4v) is 2.18. The van der Waals surface area contributed by atoms with E-state index < -0.39 is 0 Å². The van der Waals surface area contributed by atoms with Crippen LogP contribution in [0.25, 0.3) is 10.9 Å². The lowest BCUT2D eigenvalue weighted by molar-refractivity contribution is 0.0939. The summed E-state index contributed by atoms with van der Waals surface area (Å²) in [5.74, 6) is -0.0742. The second-order valence-corrected chi connectivity index (χ2v) is 4.75. The Kier molecular flexibility index (Phi) is 3.21. The van der Waals surface area contributed by atoms with Crippen LogP contribution in [0, 0.1) is 0 Å². The predicted molar refractivity (Wildman–Crippen MR) is 78.4 cm³/mol. The highest BCUT2D eigenvalue weighted by Gasteiger charge is 2.13. The lowest BCUT2D eigenvalue weighted by Gasteiger charge is -2.12. The Morgan fingerprint density at radius 2 is 2.05 bits per heavy atom. The molecule has 2 heterocycles. The Morgan fingerprint density at radius 3 is 2.80 bits per heavy atom. The van der Waals surface area contributed by atoms with E-state index >= 15 is 0 Å². The molecule has 1 unspecified atom stereocenters. The van der Waals surface area contributed by atoms with E-state index in [-0.39, 0.29) is 11.9 Å². The summed E-state index contributed by atoms with van der Waals surface area (Å²) in [6.45, 7) is 1.96. The molecule has 2 aromatic heterocycles. The Hall–Kier alpha value is -2.62. The van der Waals surface area contributed by atoms with Crippen LogP contribution in [0.3, 0.4) is 0 Å². The maximum Gasteiger partial charge on any atom is 0.251 e. The monoisotopic (exact) mass is 265 g/mol. The van der Waals surface area contributed by atoms with Crippen molar-refractivity contribution in [2.24, 2.45) is 0 Å². The molecule has 100 valence electrons. The van der Waals surface area contributed by atoms with Gasteiger partial charge in [-0.3, -0.25) is 9.78 Å². The SMILES string of the molecule is CC(NC(=O)c1ccccc1)c1cc2ccncc2[nH]1. The smallest absolute Gasteiger partial charge is 0.251 e. The second-order valence-electron chi connectivity index (χ2n) is 4.75. The van der Waals surface area contributed by atoms with E-state index in [2.05, 4.69) is 15.3 Å². The molecule has 20 heavy (non-hydrogen) atoms. The van der Waals surface area contributed by atoms with Crippen LogP contribution in [-0.4, -0.2) is 15.9 Å². The summed E-state index contributed by atoms with van der Waals surface area (Å²) in [7, 11) is 0. The molecule has 4 nitrogen and oxygen atoms in total. The van der Waals surface area contributed by atoms with Gasteiger partial charge in [0.05, 0.1) is 17.8 Å². The van der Waals surface area contributed by atoms with Gasteiger partial charge in [-0.15, -0.1) is 0 Å². The summed E-state index contributed by atoms with van der Waals surface area (Å²) in [6.07, 6.45) is 3.54. The number of carbonyl (C=O) groups excluding carboxylic acids is 1. The molecule has 0 bridgehead atoms. The van der Waals surface area contributed by atoms with E-state index in [0.29, 0.717) is 5.56 Å². The number of pyridine rings is 1. The number of aromatic nitrogens is 2. The molecule has 0 saturated carbocycles. The van der Waals surface area contributed by atoms with Crippen molar-refractivity contribution in [1.29, 1.82) is 0 Å². The van der Waals surface area contributed by atoms with E-state index in [1.54, 1.807) is 24.5 Å². The van der Waals surface area contributed by atoms with Gasteiger partial charge in [0, 0.05) is 22.8 Å². The maximum atomic E-state index is 12.1. The van der Waals surface area contributed by atoms with Gasteiger partial charge in [0.25, 0.3) is 5.91 Å². The number of amides is 1. The van der Waals surface area contributed by atoms with Gasteiger partial charge >= 0.3 is 0 Å². The van der Waals surface area contributed by atoms with Crippen molar-refractivity contribution >= 4 is 16.8 Å². The summed E-state index contributed by atoms with van der Waals surface area (Å²) in [4.78, 5) is 19.5. The molecular formula is C16H15N3O. The van der Waals surface area contributed by atoms with Crippen LogP contribution in [0.5, 0.6) is 0 Å². The molecule has 4 heteroatoms. The summed E-state index contributed by atoms with van der Waals surface area (Å²) < 4.78 is 0. The van der Waals surface area contributed by atoms with Gasteiger partial charge in [0.2, 0.25) is 0 Å². The number of fused-ring (bicyclic) bond motifs is 1. The first-order chi connectivity index (χ1) is 9.74. The minimum absolute atomic E-state index is 0.0742. The highest BCUT2D eigenvalue weighted by Crippen LogP contribution is 2.19. The number of aromatic amines is 1. The number of hydrogen-bond acceptors (Lipinski definition) is 2. The topological polar surface area (TPSA) is 57.8 Å². The molecule has 1 amide bonds. The molecule has 3 aromatic rings. The highest BCUT2D eigenvalue weighted by molar-refractivity contribution is 5.94. The number of nitrogens with zero attached hydrogens (tertiary/aromatic N) is 1. The van der Waals surface area contributed by atoms with Gasteiger partial charge in [0.15, 0.2) is 0 Å². The highest BCUT2D eigenvalue weighted by atomic mass is 16.1. The van der Waals surface area contributed by atoms with Crippen molar-refractivity contribution in [2.75, 3.05) is 0 Å². The third-order valence-corrected chi connectivity index (χ3v) is 3.29. The van der Waals surface area contributed by atoms with E-state index in [9.17, 15) is 4.79 Å². The van der Waals surface area contributed by atoms with E-state index in [4.69, 9.17) is 0 Å². The van der Waals surface area contributed by atoms with Crippen molar-refractivity contribution in [2.45, 2.75) is 13.0 Å². The third kappa shape index (κ3) is 2.40. The van der Waals surface area contributed by atoms with E-state index in [1.807, 2.05) is 37.3 Å². The first-order valence-corrected chi connectivity index (χ1v) is 6.52. The number of carbonyl (C=O) groups is 1. The fourth-order valence-electron chi connectivity index (χ4n) is 2.18. The van der Waals surface area contributed by atoms with Crippen molar-refractivity contribution < 1.29 is 4.79 Å².